The monoisotopic (exact) mass is 349 g/mol. The van der Waals surface area contributed by atoms with Crippen LogP contribution in [0.4, 0.5) is 30.4 Å². The summed E-state index contributed by atoms with van der Waals surface area (Å²) in [5.74, 6) is -2.08. The van der Waals surface area contributed by atoms with Crippen LogP contribution in [-0.4, -0.2) is 19.3 Å². The summed E-state index contributed by atoms with van der Waals surface area (Å²) in [6.07, 6.45) is -5.34. The lowest BCUT2D eigenvalue weighted by molar-refractivity contribution is -0.556. The van der Waals surface area contributed by atoms with E-state index in [1.807, 2.05) is 0 Å². The first-order valence-electron chi connectivity index (χ1n) is 5.76. The highest BCUT2D eigenvalue weighted by Crippen LogP contribution is 2.32. The molecule has 23 heavy (non-hydrogen) atoms. The Morgan fingerprint density at radius 2 is 1.43 bits per heavy atom. The molecule has 2 nitrogen and oxygen atoms in total. The Morgan fingerprint density at radius 3 is 1.83 bits per heavy atom. The molecule has 1 aromatic carbocycles. The van der Waals surface area contributed by atoms with Gasteiger partial charge in [-0.05, 0) is 37.1 Å². The summed E-state index contributed by atoms with van der Waals surface area (Å²) in [4.78, 5) is 0. The SMILES string of the molecule is Cc1cc2c(cc1C)[n+](B(F)F)c(C(F)(F)F)n2B(F)F.[F-].[F-]. The third kappa shape index (κ3) is 3.42. The number of alkyl halides is 3. The van der Waals surface area contributed by atoms with E-state index in [1.54, 1.807) is 0 Å². The normalized spacial score (nSPS) is 11.0. The average Bonchev–Trinajstić information content (AvgIpc) is 2.64. The van der Waals surface area contributed by atoms with Gasteiger partial charge in [0.15, 0.2) is 11.0 Å². The van der Waals surface area contributed by atoms with Gasteiger partial charge in [0, 0.05) is 0 Å². The molecule has 0 spiro atoms. The number of aryl methyl sites for hydroxylation is 2. The highest BCUT2D eigenvalue weighted by atomic mass is 19.4. The van der Waals surface area contributed by atoms with Crippen molar-refractivity contribution in [1.29, 1.82) is 0 Å². The predicted molar refractivity (Wildman–Crippen MR) is 63.3 cm³/mol. The van der Waals surface area contributed by atoms with Crippen LogP contribution >= 0.6 is 0 Å². The maximum atomic E-state index is 13.0. The molecule has 0 radical (unpaired) electrons. The molecule has 0 fully saturated rings. The zero-order chi connectivity index (χ0) is 16.1. The lowest BCUT2D eigenvalue weighted by Gasteiger charge is -2.05. The second kappa shape index (κ2) is 6.75. The zero-order valence-electron chi connectivity index (χ0n) is 11.6. The number of imidazole rings is 1. The van der Waals surface area contributed by atoms with Crippen LogP contribution in [0.1, 0.15) is 17.0 Å². The number of rotatable bonds is 2. The molecule has 0 N–H and O–H groups in total. The third-order valence-corrected chi connectivity index (χ3v) is 3.21. The molecule has 2 aromatic rings. The minimum Gasteiger partial charge on any atom is -1.00 e. The molecular formula is C10H8B2F9N2-. The van der Waals surface area contributed by atoms with Crippen molar-refractivity contribution in [3.8, 4) is 0 Å². The van der Waals surface area contributed by atoms with Crippen LogP contribution in [0.3, 0.4) is 0 Å². The Hall–Kier alpha value is -1.81. The number of hydrogen-bond acceptors (Lipinski definition) is 0. The second-order valence-electron chi connectivity index (χ2n) is 4.54. The summed E-state index contributed by atoms with van der Waals surface area (Å²) in [5, 5.41) is 0. The number of aromatic nitrogens is 2. The van der Waals surface area contributed by atoms with Crippen molar-refractivity contribution in [3.63, 3.8) is 0 Å². The topological polar surface area (TPSA) is 8.81 Å². The van der Waals surface area contributed by atoms with E-state index < -0.39 is 46.8 Å². The van der Waals surface area contributed by atoms with Crippen LogP contribution in [0.2, 0.25) is 0 Å². The summed E-state index contributed by atoms with van der Waals surface area (Å²) >= 11 is 0. The van der Waals surface area contributed by atoms with E-state index in [9.17, 15) is 30.4 Å². The van der Waals surface area contributed by atoms with Crippen molar-refractivity contribution in [3.05, 3.63) is 29.1 Å². The molecule has 0 amide bonds. The van der Waals surface area contributed by atoms with Crippen LogP contribution in [-0.2, 0) is 6.18 Å². The minimum atomic E-state index is -5.34. The predicted octanol–water partition coefficient (Wildman–Crippen LogP) is -2.88. The van der Waals surface area contributed by atoms with Gasteiger partial charge in [0.1, 0.15) is 0 Å². The summed E-state index contributed by atoms with van der Waals surface area (Å²) in [7, 11) is -7.18. The van der Waals surface area contributed by atoms with Gasteiger partial charge in [0.2, 0.25) is 0 Å². The van der Waals surface area contributed by atoms with E-state index in [0.29, 0.717) is 11.1 Å². The van der Waals surface area contributed by atoms with Crippen LogP contribution in [0.5, 0.6) is 0 Å². The standard InChI is InChI=1S/C10H8B2F7N2.2FH/c1-5-3-7-8(4-6(5)2)21(12(18)19)9(10(13,14)15)20(7)11(16)17;;/h3-4H,1-2H3;2*1H/q+1;;/p-2. The van der Waals surface area contributed by atoms with Crippen molar-refractivity contribution in [2.75, 3.05) is 0 Å². The first-order chi connectivity index (χ1) is 9.55. The summed E-state index contributed by atoms with van der Waals surface area (Å²) < 4.78 is 90.1. The second-order valence-corrected chi connectivity index (χ2v) is 4.54. The lowest BCUT2D eigenvalue weighted by atomic mass is 10.1. The summed E-state index contributed by atoms with van der Waals surface area (Å²) in [6.45, 7) is 3.00. The Bertz CT molecular complexity index is 645. The van der Waals surface area contributed by atoms with Crippen LogP contribution in [0, 0.1) is 13.8 Å². The molecule has 0 bridgehead atoms. The Kier molecular flexibility index (Phi) is 6.22. The average molecular weight is 349 g/mol. The molecule has 13 heteroatoms. The van der Waals surface area contributed by atoms with Crippen molar-refractivity contribution >= 4 is 25.8 Å². The van der Waals surface area contributed by atoms with Crippen LogP contribution < -0.4 is 13.9 Å². The van der Waals surface area contributed by atoms with Crippen LogP contribution in [0.25, 0.3) is 11.0 Å². The maximum absolute atomic E-state index is 13.0. The molecule has 0 aliphatic carbocycles. The van der Waals surface area contributed by atoms with Gasteiger partial charge in [0.05, 0.1) is 0 Å². The van der Waals surface area contributed by atoms with Crippen molar-refractivity contribution in [1.82, 2.24) is 4.48 Å². The van der Waals surface area contributed by atoms with Gasteiger partial charge in [-0.3, -0.25) is 0 Å². The van der Waals surface area contributed by atoms with E-state index in [-0.39, 0.29) is 9.41 Å². The smallest absolute Gasteiger partial charge is 0.809 e. The van der Waals surface area contributed by atoms with Gasteiger partial charge in [-0.1, -0.05) is 0 Å². The summed E-state index contributed by atoms with van der Waals surface area (Å²) in [6, 6.07) is 2.09. The number of hydrogen-bond donors (Lipinski definition) is 0. The van der Waals surface area contributed by atoms with Gasteiger partial charge in [-0.25, -0.2) is 26.2 Å². The van der Waals surface area contributed by atoms with E-state index in [1.165, 1.54) is 13.8 Å². The molecule has 128 valence electrons. The molecule has 0 aliphatic rings. The first-order valence-corrected chi connectivity index (χ1v) is 5.76. The third-order valence-electron chi connectivity index (χ3n) is 3.21. The Labute approximate surface area is 125 Å². The van der Waals surface area contributed by atoms with Crippen LogP contribution in [0.15, 0.2) is 12.1 Å². The molecule has 0 atom stereocenters. The lowest BCUT2D eigenvalue weighted by Crippen LogP contribution is -3.00. The van der Waals surface area contributed by atoms with E-state index >= 15 is 0 Å². The quantitative estimate of drug-likeness (QED) is 0.407. The maximum Gasteiger partial charge on any atom is 0.809 e. The number of benzene rings is 1. The van der Waals surface area contributed by atoms with E-state index in [0.717, 1.165) is 12.1 Å². The number of halogens is 9. The highest BCUT2D eigenvalue weighted by molar-refractivity contribution is 6.43. The molecule has 1 aromatic heterocycles. The first kappa shape index (κ1) is 21.2. The molecule has 2 rings (SSSR count). The fraction of sp³-hybridized carbons (Fsp3) is 0.300. The molecule has 1 heterocycles. The van der Waals surface area contributed by atoms with E-state index in [4.69, 9.17) is 0 Å². The van der Waals surface area contributed by atoms with Gasteiger partial charge in [-0.2, -0.15) is 13.2 Å². The Morgan fingerprint density at radius 1 is 0.957 bits per heavy atom. The van der Waals surface area contributed by atoms with E-state index in [2.05, 4.69) is 0 Å². The highest BCUT2D eigenvalue weighted by Gasteiger charge is 2.54. The van der Waals surface area contributed by atoms with Gasteiger partial charge < -0.3 is 9.41 Å². The van der Waals surface area contributed by atoms with Gasteiger partial charge in [-0.15, -0.1) is 0 Å². The van der Waals surface area contributed by atoms with Crippen molar-refractivity contribution in [2.24, 2.45) is 0 Å². The molecule has 0 saturated heterocycles. The number of nitrogens with zero attached hydrogens (tertiary/aromatic N) is 2. The molecule has 0 unspecified atom stereocenters. The molecular weight excluding hydrogens is 341 g/mol. The fourth-order valence-corrected chi connectivity index (χ4v) is 2.18. The molecule has 0 aliphatic heterocycles. The minimum absolute atomic E-state index is 0. The summed E-state index contributed by atoms with van der Waals surface area (Å²) in [5.41, 5.74) is -0.310. The van der Waals surface area contributed by atoms with Gasteiger partial charge >= 0.3 is 26.8 Å². The molecule has 0 saturated carbocycles. The van der Waals surface area contributed by atoms with Crippen molar-refractivity contribution < 1.29 is 44.3 Å². The number of fused-ring (bicyclic) bond motifs is 1. The zero-order valence-corrected chi connectivity index (χ0v) is 11.6. The fourth-order valence-electron chi connectivity index (χ4n) is 2.18. The van der Waals surface area contributed by atoms with Gasteiger partial charge in [0.25, 0.3) is 0 Å². The largest absolute Gasteiger partial charge is 1.00 e. The van der Waals surface area contributed by atoms with Crippen molar-refractivity contribution in [2.45, 2.75) is 20.0 Å². The Balaban J connectivity index is 0.00000242.